The van der Waals surface area contributed by atoms with E-state index >= 15 is 0 Å². The first-order valence-corrected chi connectivity index (χ1v) is 6.75. The van der Waals surface area contributed by atoms with Crippen LogP contribution in [0.3, 0.4) is 0 Å². The predicted molar refractivity (Wildman–Crippen MR) is 79.0 cm³/mol. The minimum atomic E-state index is -0.103. The van der Waals surface area contributed by atoms with Crippen LogP contribution in [0.5, 0.6) is 0 Å². The third kappa shape index (κ3) is 4.76. The number of para-hydroxylation sites is 1. The summed E-state index contributed by atoms with van der Waals surface area (Å²) in [7, 11) is 0. The first kappa shape index (κ1) is 14.8. The van der Waals surface area contributed by atoms with Crippen molar-refractivity contribution < 1.29 is 9.59 Å². The number of aromatic nitrogens is 2. The summed E-state index contributed by atoms with van der Waals surface area (Å²) in [4.78, 5) is 22.4. The van der Waals surface area contributed by atoms with E-state index in [0.717, 1.165) is 11.3 Å². The second-order valence-corrected chi connectivity index (χ2v) is 4.64. The molecule has 2 aromatic rings. The maximum absolute atomic E-state index is 11.7. The lowest BCUT2D eigenvalue weighted by atomic mass is 10.2. The summed E-state index contributed by atoms with van der Waals surface area (Å²) in [6.07, 6.45) is 3.79. The molecule has 2 N–H and O–H groups in total. The highest BCUT2D eigenvalue weighted by molar-refractivity contribution is 5.78. The monoisotopic (exact) mass is 286 g/mol. The Kier molecular flexibility index (Phi) is 5.09. The summed E-state index contributed by atoms with van der Waals surface area (Å²) < 4.78 is 1.74. The van der Waals surface area contributed by atoms with Gasteiger partial charge in [-0.2, -0.15) is 5.10 Å². The highest BCUT2D eigenvalue weighted by atomic mass is 16.2. The van der Waals surface area contributed by atoms with Crippen molar-refractivity contribution in [1.82, 2.24) is 20.4 Å². The van der Waals surface area contributed by atoms with E-state index in [1.54, 1.807) is 10.9 Å². The van der Waals surface area contributed by atoms with Crippen LogP contribution in [0.2, 0.25) is 0 Å². The summed E-state index contributed by atoms with van der Waals surface area (Å²) in [6, 6.07) is 9.71. The molecule has 0 saturated heterocycles. The number of hydrogen-bond donors (Lipinski definition) is 2. The minimum Gasteiger partial charge on any atom is -0.355 e. The van der Waals surface area contributed by atoms with Crippen LogP contribution in [-0.2, 0) is 16.0 Å². The average molecular weight is 286 g/mol. The molecular formula is C15H18N4O2. The largest absolute Gasteiger partial charge is 0.355 e. The molecule has 1 aromatic heterocycles. The van der Waals surface area contributed by atoms with Crippen molar-refractivity contribution in [3.05, 3.63) is 48.3 Å². The SMILES string of the molecule is CC(=O)NCCNC(=O)Cc1cnn(-c2ccccc2)c1. The van der Waals surface area contributed by atoms with Crippen LogP contribution < -0.4 is 10.6 Å². The van der Waals surface area contributed by atoms with Gasteiger partial charge in [-0.15, -0.1) is 0 Å². The van der Waals surface area contributed by atoms with Crippen molar-refractivity contribution in [2.45, 2.75) is 13.3 Å². The van der Waals surface area contributed by atoms with Crippen LogP contribution in [0.25, 0.3) is 5.69 Å². The van der Waals surface area contributed by atoms with Gasteiger partial charge in [-0.3, -0.25) is 9.59 Å². The molecule has 0 unspecified atom stereocenters. The van der Waals surface area contributed by atoms with Gasteiger partial charge in [0.15, 0.2) is 0 Å². The summed E-state index contributed by atoms with van der Waals surface area (Å²) in [5.41, 5.74) is 1.80. The fourth-order valence-corrected chi connectivity index (χ4v) is 1.86. The second-order valence-electron chi connectivity index (χ2n) is 4.64. The molecule has 1 heterocycles. The number of nitrogens with zero attached hydrogens (tertiary/aromatic N) is 2. The van der Waals surface area contributed by atoms with Crippen molar-refractivity contribution in [2.75, 3.05) is 13.1 Å². The zero-order chi connectivity index (χ0) is 15.1. The van der Waals surface area contributed by atoms with Gasteiger partial charge in [0.2, 0.25) is 11.8 Å². The lowest BCUT2D eigenvalue weighted by Crippen LogP contribution is -2.34. The lowest BCUT2D eigenvalue weighted by molar-refractivity contribution is -0.121. The Labute approximate surface area is 123 Å². The molecule has 2 amide bonds. The average Bonchev–Trinajstić information content (AvgIpc) is 2.93. The van der Waals surface area contributed by atoms with Crippen molar-refractivity contribution in [3.63, 3.8) is 0 Å². The van der Waals surface area contributed by atoms with Crippen molar-refractivity contribution in [1.29, 1.82) is 0 Å². The second kappa shape index (κ2) is 7.23. The molecule has 6 heteroatoms. The summed E-state index contributed by atoms with van der Waals surface area (Å²) in [5.74, 6) is -0.193. The Morgan fingerprint density at radius 2 is 1.86 bits per heavy atom. The van der Waals surface area contributed by atoms with Crippen LogP contribution in [0, 0.1) is 0 Å². The zero-order valence-corrected chi connectivity index (χ0v) is 11.9. The molecule has 0 fully saturated rings. The molecular weight excluding hydrogens is 268 g/mol. The number of amides is 2. The number of carbonyl (C=O) groups excluding carboxylic acids is 2. The van der Waals surface area contributed by atoms with Gasteiger partial charge in [0.25, 0.3) is 0 Å². The molecule has 1 aromatic carbocycles. The standard InChI is InChI=1S/C15H18N4O2/c1-12(20)16-7-8-17-15(21)9-13-10-18-19(11-13)14-5-3-2-4-6-14/h2-6,10-11H,7-9H2,1H3,(H,16,20)(H,17,21). The van der Waals surface area contributed by atoms with E-state index in [0.29, 0.717) is 13.1 Å². The van der Waals surface area contributed by atoms with Crippen molar-refractivity contribution in [2.24, 2.45) is 0 Å². The quantitative estimate of drug-likeness (QED) is 0.766. The number of nitrogens with one attached hydrogen (secondary N) is 2. The maximum Gasteiger partial charge on any atom is 0.224 e. The normalized spacial score (nSPS) is 10.1. The molecule has 21 heavy (non-hydrogen) atoms. The maximum atomic E-state index is 11.7. The molecule has 0 saturated carbocycles. The van der Waals surface area contributed by atoms with Crippen LogP contribution in [-0.4, -0.2) is 34.7 Å². The number of hydrogen-bond acceptors (Lipinski definition) is 3. The van der Waals surface area contributed by atoms with Gasteiger partial charge >= 0.3 is 0 Å². The fraction of sp³-hybridized carbons (Fsp3) is 0.267. The third-order valence-electron chi connectivity index (χ3n) is 2.84. The summed E-state index contributed by atoms with van der Waals surface area (Å²) in [6.45, 7) is 2.30. The Hall–Kier alpha value is -2.63. The molecule has 0 atom stereocenters. The van der Waals surface area contributed by atoms with Gasteiger partial charge < -0.3 is 10.6 Å². The summed E-state index contributed by atoms with van der Waals surface area (Å²) >= 11 is 0. The molecule has 0 spiro atoms. The van der Waals surface area contributed by atoms with Crippen LogP contribution in [0.15, 0.2) is 42.7 Å². The van der Waals surface area contributed by atoms with E-state index in [1.807, 2.05) is 36.5 Å². The van der Waals surface area contributed by atoms with Gasteiger partial charge in [0, 0.05) is 26.2 Å². The highest BCUT2D eigenvalue weighted by Crippen LogP contribution is 2.07. The topological polar surface area (TPSA) is 76.0 Å². The van der Waals surface area contributed by atoms with Gasteiger partial charge in [-0.25, -0.2) is 4.68 Å². The van der Waals surface area contributed by atoms with E-state index in [1.165, 1.54) is 6.92 Å². The first-order valence-electron chi connectivity index (χ1n) is 6.75. The predicted octanol–water partition coefficient (Wildman–Crippen LogP) is 0.667. The van der Waals surface area contributed by atoms with Gasteiger partial charge in [0.05, 0.1) is 18.3 Å². The van der Waals surface area contributed by atoms with Gasteiger partial charge in [-0.1, -0.05) is 18.2 Å². The van der Waals surface area contributed by atoms with Crippen molar-refractivity contribution >= 4 is 11.8 Å². The fourth-order valence-electron chi connectivity index (χ4n) is 1.86. The number of benzene rings is 1. The van der Waals surface area contributed by atoms with E-state index in [2.05, 4.69) is 15.7 Å². The molecule has 0 aliphatic carbocycles. The molecule has 0 aliphatic heterocycles. The molecule has 0 bridgehead atoms. The number of carbonyl (C=O) groups is 2. The summed E-state index contributed by atoms with van der Waals surface area (Å²) in [5, 5.41) is 9.60. The van der Waals surface area contributed by atoms with E-state index in [4.69, 9.17) is 0 Å². The Bertz CT molecular complexity index is 607. The van der Waals surface area contributed by atoms with Crippen molar-refractivity contribution in [3.8, 4) is 5.69 Å². The Morgan fingerprint density at radius 3 is 2.57 bits per heavy atom. The molecule has 0 aliphatic rings. The molecule has 110 valence electrons. The lowest BCUT2D eigenvalue weighted by Gasteiger charge is -2.04. The molecule has 2 rings (SSSR count). The number of rotatable bonds is 6. The van der Waals surface area contributed by atoms with Crippen LogP contribution >= 0.6 is 0 Å². The van der Waals surface area contributed by atoms with E-state index in [-0.39, 0.29) is 18.2 Å². The molecule has 0 radical (unpaired) electrons. The highest BCUT2D eigenvalue weighted by Gasteiger charge is 2.06. The third-order valence-corrected chi connectivity index (χ3v) is 2.84. The Balaban J connectivity index is 1.82. The van der Waals surface area contributed by atoms with Gasteiger partial charge in [-0.05, 0) is 17.7 Å². The van der Waals surface area contributed by atoms with Gasteiger partial charge in [0.1, 0.15) is 0 Å². The minimum absolute atomic E-state index is 0.0898. The smallest absolute Gasteiger partial charge is 0.224 e. The van der Waals surface area contributed by atoms with E-state index in [9.17, 15) is 9.59 Å². The Morgan fingerprint density at radius 1 is 1.14 bits per heavy atom. The van der Waals surface area contributed by atoms with E-state index < -0.39 is 0 Å². The van der Waals surface area contributed by atoms with Crippen LogP contribution in [0.4, 0.5) is 0 Å². The van der Waals surface area contributed by atoms with Crippen LogP contribution in [0.1, 0.15) is 12.5 Å². The molecule has 6 nitrogen and oxygen atoms in total. The first-order chi connectivity index (χ1) is 10.1. The zero-order valence-electron chi connectivity index (χ0n) is 11.9.